The van der Waals surface area contributed by atoms with Gasteiger partial charge in [0, 0.05) is 37.3 Å². The van der Waals surface area contributed by atoms with Crippen LogP contribution >= 0.6 is 0 Å². The lowest BCUT2D eigenvalue weighted by atomic mass is 9.95. The summed E-state index contributed by atoms with van der Waals surface area (Å²) in [7, 11) is 0. The molecule has 138 valence electrons. The number of carboxylic acids is 1. The molecule has 0 aliphatic carbocycles. The lowest BCUT2D eigenvalue weighted by molar-refractivity contribution is -0.139. The molecule has 6 heteroatoms. The number of piperazine rings is 1. The summed E-state index contributed by atoms with van der Waals surface area (Å²) in [6, 6.07) is 12.9. The zero-order chi connectivity index (χ0) is 18.7. The predicted octanol–water partition coefficient (Wildman–Crippen LogP) is 3.14. The van der Waals surface area contributed by atoms with E-state index in [0.717, 1.165) is 11.6 Å². The lowest BCUT2D eigenvalue weighted by Gasteiger charge is -2.43. The van der Waals surface area contributed by atoms with Crippen LogP contribution in [0.15, 0.2) is 48.5 Å². The number of hydrogen-bond acceptors (Lipinski definition) is 3. The molecule has 1 N–H and O–H groups in total. The van der Waals surface area contributed by atoms with Crippen LogP contribution in [0.1, 0.15) is 24.1 Å². The average Bonchev–Trinajstić information content (AvgIpc) is 2.60. The number of aliphatic carboxylic acids is 1. The van der Waals surface area contributed by atoms with Crippen molar-refractivity contribution in [3.05, 3.63) is 71.3 Å². The highest BCUT2D eigenvalue weighted by Crippen LogP contribution is 2.32. The monoisotopic (exact) mass is 360 g/mol. The summed E-state index contributed by atoms with van der Waals surface area (Å²) in [4.78, 5) is 15.0. The maximum Gasteiger partial charge on any atom is 0.317 e. The molecule has 0 radical (unpaired) electrons. The summed E-state index contributed by atoms with van der Waals surface area (Å²) in [5.41, 5.74) is 1.35. The Labute approximate surface area is 151 Å². The maximum atomic E-state index is 14.5. The Morgan fingerprint density at radius 3 is 2.54 bits per heavy atom. The van der Waals surface area contributed by atoms with Gasteiger partial charge in [-0.05, 0) is 18.6 Å². The molecule has 0 aromatic heterocycles. The minimum atomic E-state index is -0.852. The fraction of sp³-hybridized carbons (Fsp3) is 0.350. The van der Waals surface area contributed by atoms with Crippen LogP contribution in [0.5, 0.6) is 0 Å². The van der Waals surface area contributed by atoms with Crippen LogP contribution in [0.4, 0.5) is 8.78 Å². The van der Waals surface area contributed by atoms with Gasteiger partial charge in [-0.1, -0.05) is 36.4 Å². The summed E-state index contributed by atoms with van der Waals surface area (Å²) < 4.78 is 27.9. The van der Waals surface area contributed by atoms with Crippen molar-refractivity contribution in [1.82, 2.24) is 9.80 Å². The third-order valence-corrected chi connectivity index (χ3v) is 4.87. The molecule has 0 unspecified atom stereocenters. The Kier molecular flexibility index (Phi) is 5.64. The molecule has 2 aromatic carbocycles. The molecular weight excluding hydrogens is 338 g/mol. The molecule has 1 aliphatic rings. The van der Waals surface area contributed by atoms with Gasteiger partial charge in [-0.2, -0.15) is 0 Å². The molecular formula is C20H22F2N2O2. The molecule has 1 heterocycles. The molecule has 2 aromatic rings. The first-order valence-corrected chi connectivity index (χ1v) is 8.65. The molecule has 1 saturated heterocycles. The number of halogens is 2. The zero-order valence-corrected chi connectivity index (χ0v) is 14.6. The van der Waals surface area contributed by atoms with Crippen molar-refractivity contribution in [3.63, 3.8) is 0 Å². The van der Waals surface area contributed by atoms with Crippen molar-refractivity contribution in [3.8, 4) is 0 Å². The van der Waals surface area contributed by atoms with Gasteiger partial charge in [0.2, 0.25) is 0 Å². The first-order chi connectivity index (χ1) is 12.5. The van der Waals surface area contributed by atoms with Crippen LogP contribution in [0, 0.1) is 11.6 Å². The average molecular weight is 360 g/mol. The van der Waals surface area contributed by atoms with Gasteiger partial charge < -0.3 is 5.11 Å². The molecule has 1 aliphatic heterocycles. The van der Waals surface area contributed by atoms with Gasteiger partial charge in [0.05, 0.1) is 12.6 Å². The minimum Gasteiger partial charge on any atom is -0.480 e. The third kappa shape index (κ3) is 4.08. The van der Waals surface area contributed by atoms with Gasteiger partial charge in [0.1, 0.15) is 11.6 Å². The molecule has 2 atom stereocenters. The molecule has 26 heavy (non-hydrogen) atoms. The Hall–Kier alpha value is -2.31. The van der Waals surface area contributed by atoms with E-state index in [1.165, 1.54) is 12.1 Å². The highest BCUT2D eigenvalue weighted by atomic mass is 19.1. The van der Waals surface area contributed by atoms with Crippen molar-refractivity contribution in [2.45, 2.75) is 19.0 Å². The van der Waals surface area contributed by atoms with Crippen molar-refractivity contribution < 1.29 is 18.7 Å². The topological polar surface area (TPSA) is 43.8 Å². The Balaban J connectivity index is 1.91. The van der Waals surface area contributed by atoms with E-state index in [9.17, 15) is 13.6 Å². The normalized spacial score (nSPS) is 20.0. The molecule has 4 nitrogen and oxygen atoms in total. The number of carboxylic acid groups (broad SMARTS) is 1. The van der Waals surface area contributed by atoms with E-state index in [-0.39, 0.29) is 18.6 Å². The van der Waals surface area contributed by atoms with E-state index in [1.54, 1.807) is 0 Å². The van der Waals surface area contributed by atoms with Crippen molar-refractivity contribution in [2.24, 2.45) is 0 Å². The summed E-state index contributed by atoms with van der Waals surface area (Å²) >= 11 is 0. The highest BCUT2D eigenvalue weighted by Gasteiger charge is 2.32. The second kappa shape index (κ2) is 7.93. The van der Waals surface area contributed by atoms with E-state index >= 15 is 0 Å². The molecule has 0 saturated carbocycles. The van der Waals surface area contributed by atoms with E-state index < -0.39 is 17.6 Å². The van der Waals surface area contributed by atoms with Crippen LogP contribution in [0.3, 0.4) is 0 Å². The molecule has 0 amide bonds. The van der Waals surface area contributed by atoms with Gasteiger partial charge in [-0.15, -0.1) is 0 Å². The van der Waals surface area contributed by atoms with Gasteiger partial charge in [-0.3, -0.25) is 14.6 Å². The van der Waals surface area contributed by atoms with Crippen molar-refractivity contribution >= 4 is 5.97 Å². The summed E-state index contributed by atoms with van der Waals surface area (Å²) in [6.07, 6.45) is 0. The SMILES string of the molecule is C[C@H]1CN([C@H](c2ccccc2)c2ccc(F)cc2F)CCN1CC(=O)O. The zero-order valence-electron chi connectivity index (χ0n) is 14.6. The second-order valence-electron chi connectivity index (χ2n) is 6.69. The van der Waals surface area contributed by atoms with E-state index in [1.807, 2.05) is 42.2 Å². The third-order valence-electron chi connectivity index (χ3n) is 4.87. The fourth-order valence-corrected chi connectivity index (χ4v) is 3.61. The van der Waals surface area contributed by atoms with Gasteiger partial charge in [-0.25, -0.2) is 8.78 Å². The van der Waals surface area contributed by atoms with Crippen LogP contribution in [0.2, 0.25) is 0 Å². The first kappa shape index (κ1) is 18.5. The van der Waals surface area contributed by atoms with E-state index in [0.29, 0.717) is 25.2 Å². The summed E-state index contributed by atoms with van der Waals surface area (Å²) in [5.74, 6) is -2.02. The van der Waals surface area contributed by atoms with Crippen LogP contribution in [0.25, 0.3) is 0 Å². The van der Waals surface area contributed by atoms with Crippen molar-refractivity contribution in [1.29, 1.82) is 0 Å². The molecule has 0 bridgehead atoms. The number of rotatable bonds is 5. The molecule has 3 rings (SSSR count). The van der Waals surface area contributed by atoms with Crippen LogP contribution < -0.4 is 0 Å². The standard InChI is InChI=1S/C20H22F2N2O2/c1-14-12-24(10-9-23(14)13-19(25)26)20(15-5-3-2-4-6-15)17-8-7-16(21)11-18(17)22/h2-8,11,14,20H,9-10,12-13H2,1H3,(H,25,26)/t14-,20+/m0/s1. The summed E-state index contributed by atoms with van der Waals surface area (Å²) in [5, 5.41) is 9.04. The van der Waals surface area contributed by atoms with E-state index in [4.69, 9.17) is 5.11 Å². The van der Waals surface area contributed by atoms with Crippen LogP contribution in [-0.4, -0.2) is 53.1 Å². The highest BCUT2D eigenvalue weighted by molar-refractivity contribution is 5.69. The van der Waals surface area contributed by atoms with Gasteiger partial charge >= 0.3 is 5.97 Å². The maximum absolute atomic E-state index is 14.5. The number of benzene rings is 2. The number of hydrogen-bond donors (Lipinski definition) is 1. The molecule has 0 spiro atoms. The minimum absolute atomic E-state index is 0.00405. The Bertz CT molecular complexity index is 770. The predicted molar refractivity (Wildman–Crippen MR) is 94.9 cm³/mol. The smallest absolute Gasteiger partial charge is 0.317 e. The Morgan fingerprint density at radius 2 is 1.92 bits per heavy atom. The van der Waals surface area contributed by atoms with E-state index in [2.05, 4.69) is 4.90 Å². The van der Waals surface area contributed by atoms with Gasteiger partial charge in [0.15, 0.2) is 0 Å². The van der Waals surface area contributed by atoms with Gasteiger partial charge in [0.25, 0.3) is 0 Å². The number of carbonyl (C=O) groups is 1. The lowest BCUT2D eigenvalue weighted by Crippen LogP contribution is -2.54. The second-order valence-corrected chi connectivity index (χ2v) is 6.69. The van der Waals surface area contributed by atoms with Crippen molar-refractivity contribution in [2.75, 3.05) is 26.2 Å². The van der Waals surface area contributed by atoms with Crippen LogP contribution in [-0.2, 0) is 4.79 Å². The summed E-state index contributed by atoms with van der Waals surface area (Å²) in [6.45, 7) is 3.76. The largest absolute Gasteiger partial charge is 0.480 e. The molecule has 1 fully saturated rings. The first-order valence-electron chi connectivity index (χ1n) is 8.65. The number of nitrogens with zero attached hydrogens (tertiary/aromatic N) is 2. The Morgan fingerprint density at radius 1 is 1.19 bits per heavy atom. The quantitative estimate of drug-likeness (QED) is 0.890. The fourth-order valence-electron chi connectivity index (χ4n) is 3.61.